The number of thiazole rings is 1. The van der Waals surface area contributed by atoms with Gasteiger partial charge in [0, 0.05) is 7.05 Å². The molecule has 0 bridgehead atoms. The van der Waals surface area contributed by atoms with Crippen LogP contribution in [0.4, 0.5) is 5.13 Å². The lowest BCUT2D eigenvalue weighted by Gasteiger charge is -2.07. The topological polar surface area (TPSA) is 34.2 Å². The van der Waals surface area contributed by atoms with Crippen molar-refractivity contribution in [2.45, 2.75) is 13.8 Å². The fourth-order valence-electron chi connectivity index (χ4n) is 1.61. The molecule has 0 saturated carbocycles. The fourth-order valence-corrected chi connectivity index (χ4v) is 2.52. The van der Waals surface area contributed by atoms with E-state index >= 15 is 0 Å². The van der Waals surface area contributed by atoms with Crippen molar-refractivity contribution in [1.82, 2.24) is 4.98 Å². The SMILES string of the molecule is CNc1nc2c(C)c(C)c(OC)cc2s1. The quantitative estimate of drug-likeness (QED) is 0.848. The minimum absolute atomic E-state index is 0.936. The lowest BCUT2D eigenvalue weighted by Crippen LogP contribution is -1.91. The molecule has 1 heterocycles. The van der Waals surface area contributed by atoms with Gasteiger partial charge in [-0.3, -0.25) is 0 Å². The number of nitrogens with zero attached hydrogens (tertiary/aromatic N) is 1. The van der Waals surface area contributed by atoms with Gasteiger partial charge in [0.25, 0.3) is 0 Å². The number of nitrogens with one attached hydrogen (secondary N) is 1. The van der Waals surface area contributed by atoms with Gasteiger partial charge in [0.1, 0.15) is 5.75 Å². The van der Waals surface area contributed by atoms with Gasteiger partial charge in [-0.1, -0.05) is 11.3 Å². The van der Waals surface area contributed by atoms with Gasteiger partial charge in [0.15, 0.2) is 5.13 Å². The third-order valence-electron chi connectivity index (χ3n) is 2.64. The van der Waals surface area contributed by atoms with Gasteiger partial charge < -0.3 is 10.1 Å². The zero-order valence-electron chi connectivity index (χ0n) is 9.34. The second-order valence-electron chi connectivity index (χ2n) is 3.44. The van der Waals surface area contributed by atoms with Crippen LogP contribution in [0.1, 0.15) is 11.1 Å². The van der Waals surface area contributed by atoms with E-state index in [4.69, 9.17) is 4.74 Å². The summed E-state index contributed by atoms with van der Waals surface area (Å²) < 4.78 is 6.50. The van der Waals surface area contributed by atoms with Crippen LogP contribution in [0, 0.1) is 13.8 Å². The molecular formula is C11H14N2OS. The van der Waals surface area contributed by atoms with Crippen LogP contribution in [0.15, 0.2) is 6.07 Å². The van der Waals surface area contributed by atoms with E-state index in [1.54, 1.807) is 18.4 Å². The zero-order valence-corrected chi connectivity index (χ0v) is 10.2. The summed E-state index contributed by atoms with van der Waals surface area (Å²) in [7, 11) is 3.59. The second-order valence-corrected chi connectivity index (χ2v) is 4.48. The van der Waals surface area contributed by atoms with Crippen molar-refractivity contribution in [3.05, 3.63) is 17.2 Å². The Bertz CT molecular complexity index is 505. The summed E-state index contributed by atoms with van der Waals surface area (Å²) in [6.07, 6.45) is 0. The number of methoxy groups -OCH3 is 1. The summed E-state index contributed by atoms with van der Waals surface area (Å²) in [5.41, 5.74) is 3.43. The zero-order chi connectivity index (χ0) is 11.0. The number of hydrogen-bond donors (Lipinski definition) is 1. The Kier molecular flexibility index (Phi) is 2.52. The van der Waals surface area contributed by atoms with Crippen LogP contribution in [0.5, 0.6) is 5.75 Å². The highest BCUT2D eigenvalue weighted by Crippen LogP contribution is 2.34. The lowest BCUT2D eigenvalue weighted by molar-refractivity contribution is 0.412. The van der Waals surface area contributed by atoms with E-state index in [1.165, 1.54) is 10.3 Å². The number of fused-ring (bicyclic) bond motifs is 1. The number of aryl methyl sites for hydroxylation is 1. The molecule has 0 aliphatic heterocycles. The minimum Gasteiger partial charge on any atom is -0.496 e. The van der Waals surface area contributed by atoms with Gasteiger partial charge in [0.2, 0.25) is 0 Å². The van der Waals surface area contributed by atoms with Crippen LogP contribution in [0.2, 0.25) is 0 Å². The molecule has 0 atom stereocenters. The van der Waals surface area contributed by atoms with E-state index in [2.05, 4.69) is 30.2 Å². The number of ether oxygens (including phenoxy) is 1. The summed E-state index contributed by atoms with van der Waals surface area (Å²) in [5.74, 6) is 0.936. The molecule has 3 nitrogen and oxygen atoms in total. The van der Waals surface area contributed by atoms with Crippen molar-refractivity contribution in [2.24, 2.45) is 0 Å². The Morgan fingerprint density at radius 3 is 2.67 bits per heavy atom. The third-order valence-corrected chi connectivity index (χ3v) is 3.66. The molecule has 0 aliphatic carbocycles. The minimum atomic E-state index is 0.936. The maximum Gasteiger partial charge on any atom is 0.183 e. The Morgan fingerprint density at radius 1 is 1.33 bits per heavy atom. The Morgan fingerprint density at radius 2 is 2.07 bits per heavy atom. The molecular weight excluding hydrogens is 208 g/mol. The first-order valence-corrected chi connectivity index (χ1v) is 5.61. The van der Waals surface area contributed by atoms with Gasteiger partial charge in [-0.2, -0.15) is 0 Å². The highest BCUT2D eigenvalue weighted by atomic mass is 32.1. The molecule has 0 spiro atoms. The number of rotatable bonds is 2. The molecule has 80 valence electrons. The van der Waals surface area contributed by atoms with Crippen molar-refractivity contribution in [1.29, 1.82) is 0 Å². The standard InChI is InChI=1S/C11H14N2OS/c1-6-7(2)10-9(5-8(6)14-4)15-11(12-3)13-10/h5H,1-4H3,(H,12,13). The molecule has 1 aromatic heterocycles. The van der Waals surface area contributed by atoms with E-state index in [0.29, 0.717) is 0 Å². The van der Waals surface area contributed by atoms with Gasteiger partial charge in [0.05, 0.1) is 17.3 Å². The van der Waals surface area contributed by atoms with Crippen LogP contribution in [0.25, 0.3) is 10.2 Å². The predicted molar refractivity (Wildman–Crippen MR) is 65.2 cm³/mol. The van der Waals surface area contributed by atoms with E-state index in [-0.39, 0.29) is 0 Å². The summed E-state index contributed by atoms with van der Waals surface area (Å²) in [6, 6.07) is 2.05. The van der Waals surface area contributed by atoms with E-state index in [9.17, 15) is 0 Å². The van der Waals surface area contributed by atoms with Crippen LogP contribution in [-0.2, 0) is 0 Å². The Balaban J connectivity index is 2.75. The number of benzene rings is 1. The first kappa shape index (κ1) is 10.2. The molecule has 0 fully saturated rings. The maximum absolute atomic E-state index is 5.34. The van der Waals surface area contributed by atoms with Crippen LogP contribution in [0.3, 0.4) is 0 Å². The van der Waals surface area contributed by atoms with Gasteiger partial charge in [-0.15, -0.1) is 0 Å². The summed E-state index contributed by atoms with van der Waals surface area (Å²) in [5, 5.41) is 4.01. The molecule has 0 unspecified atom stereocenters. The third kappa shape index (κ3) is 1.55. The number of aromatic nitrogens is 1. The summed E-state index contributed by atoms with van der Waals surface area (Å²) >= 11 is 1.65. The van der Waals surface area contributed by atoms with Crippen molar-refractivity contribution in [3.8, 4) is 5.75 Å². The highest BCUT2D eigenvalue weighted by molar-refractivity contribution is 7.22. The molecule has 0 radical (unpaired) electrons. The Hall–Kier alpha value is -1.29. The van der Waals surface area contributed by atoms with E-state index in [0.717, 1.165) is 22.0 Å². The number of hydrogen-bond acceptors (Lipinski definition) is 4. The van der Waals surface area contributed by atoms with Gasteiger partial charge >= 0.3 is 0 Å². The van der Waals surface area contributed by atoms with E-state index in [1.807, 2.05) is 7.05 Å². The lowest BCUT2D eigenvalue weighted by atomic mass is 10.1. The molecule has 1 aromatic carbocycles. The largest absolute Gasteiger partial charge is 0.496 e. The molecule has 0 aliphatic rings. The molecule has 4 heteroatoms. The molecule has 2 aromatic rings. The first-order chi connectivity index (χ1) is 7.17. The first-order valence-electron chi connectivity index (χ1n) is 4.80. The highest BCUT2D eigenvalue weighted by Gasteiger charge is 2.11. The summed E-state index contributed by atoms with van der Waals surface area (Å²) in [4.78, 5) is 4.52. The van der Waals surface area contributed by atoms with Crippen molar-refractivity contribution in [2.75, 3.05) is 19.5 Å². The monoisotopic (exact) mass is 222 g/mol. The van der Waals surface area contributed by atoms with Crippen molar-refractivity contribution >= 4 is 26.7 Å². The van der Waals surface area contributed by atoms with Crippen LogP contribution in [-0.4, -0.2) is 19.1 Å². The van der Waals surface area contributed by atoms with Gasteiger partial charge in [-0.05, 0) is 31.0 Å². The van der Waals surface area contributed by atoms with Crippen molar-refractivity contribution in [3.63, 3.8) is 0 Å². The second kappa shape index (κ2) is 3.70. The normalized spacial score (nSPS) is 10.7. The van der Waals surface area contributed by atoms with Gasteiger partial charge in [-0.25, -0.2) is 4.98 Å². The van der Waals surface area contributed by atoms with Crippen LogP contribution < -0.4 is 10.1 Å². The van der Waals surface area contributed by atoms with Crippen LogP contribution >= 0.6 is 11.3 Å². The average molecular weight is 222 g/mol. The molecule has 0 saturated heterocycles. The molecule has 15 heavy (non-hydrogen) atoms. The Labute approximate surface area is 93.1 Å². The predicted octanol–water partition coefficient (Wildman–Crippen LogP) is 2.96. The maximum atomic E-state index is 5.34. The molecule has 2 rings (SSSR count). The van der Waals surface area contributed by atoms with Crippen molar-refractivity contribution < 1.29 is 4.74 Å². The molecule has 0 amide bonds. The average Bonchev–Trinajstić information content (AvgIpc) is 2.66. The fraction of sp³-hybridized carbons (Fsp3) is 0.364. The van der Waals surface area contributed by atoms with E-state index < -0.39 is 0 Å². The number of anilines is 1. The molecule has 1 N–H and O–H groups in total. The smallest absolute Gasteiger partial charge is 0.183 e. The summed E-state index contributed by atoms with van der Waals surface area (Å²) in [6.45, 7) is 4.14.